The van der Waals surface area contributed by atoms with Gasteiger partial charge in [-0.15, -0.1) is 0 Å². The van der Waals surface area contributed by atoms with E-state index in [2.05, 4.69) is 0 Å². The number of rotatable bonds is 4. The Morgan fingerprint density at radius 1 is 1.25 bits per heavy atom. The van der Waals surface area contributed by atoms with E-state index < -0.39 is 0 Å². The van der Waals surface area contributed by atoms with Crippen molar-refractivity contribution >= 4 is 7.69 Å². The smallest absolute Gasteiger partial charge is 1.00 e. The fourth-order valence-electron chi connectivity index (χ4n) is 0.184. The first-order valence-corrected chi connectivity index (χ1v) is 2.46. The summed E-state index contributed by atoms with van der Waals surface area (Å²) in [6.07, 6.45) is 0. The van der Waals surface area contributed by atoms with Crippen LogP contribution in [0.4, 0.5) is 0 Å². The van der Waals surface area contributed by atoms with E-state index in [0.29, 0.717) is 13.2 Å². The summed E-state index contributed by atoms with van der Waals surface area (Å²) in [5.74, 6) is 0. The Bertz CT molecular complexity index is 37.7. The Labute approximate surface area is 75.0 Å². The Morgan fingerprint density at radius 2 is 1.62 bits per heavy atom. The molecule has 0 saturated heterocycles. The maximum Gasteiger partial charge on any atom is 1.00 e. The minimum absolute atomic E-state index is 0. The molecule has 0 atom stereocenters. The molecule has 43 valence electrons. The van der Waals surface area contributed by atoms with Crippen LogP contribution in [0.15, 0.2) is 0 Å². The molecule has 0 aliphatic carbocycles. The molecule has 0 aromatic rings. The maximum atomic E-state index is 4.73. The third kappa shape index (κ3) is 10.1. The van der Waals surface area contributed by atoms with Crippen LogP contribution in [-0.2, 0) is 9.31 Å². The molecular weight excluding hydrogens is 114 g/mol. The second kappa shape index (κ2) is 10.9. The third-order valence-electron chi connectivity index (χ3n) is 0.469. The van der Waals surface area contributed by atoms with Gasteiger partial charge in [-0.05, 0) is 13.8 Å². The van der Waals surface area contributed by atoms with Crippen molar-refractivity contribution in [3.8, 4) is 0 Å². The van der Waals surface area contributed by atoms with Crippen LogP contribution in [-0.4, -0.2) is 20.9 Å². The third-order valence-corrected chi connectivity index (χ3v) is 0.469. The van der Waals surface area contributed by atoms with E-state index in [-0.39, 0.29) is 31.0 Å². The molecule has 0 aromatic carbocycles. The van der Waals surface area contributed by atoms with Gasteiger partial charge in [0, 0.05) is 13.2 Å². The predicted molar refractivity (Wildman–Crippen MR) is 30.1 cm³/mol. The summed E-state index contributed by atoms with van der Waals surface area (Å²) in [5.41, 5.74) is 0. The molecule has 0 aliphatic rings. The van der Waals surface area contributed by atoms with Crippen molar-refractivity contribution in [2.45, 2.75) is 13.8 Å². The molecule has 0 spiro atoms. The average molecular weight is 125 g/mol. The SMILES string of the molecule is CCO[B]OCC.[H-].[Na+]. The molecule has 0 amide bonds. The van der Waals surface area contributed by atoms with E-state index in [4.69, 9.17) is 9.31 Å². The second-order valence-corrected chi connectivity index (χ2v) is 1.01. The molecule has 0 heterocycles. The predicted octanol–water partition coefficient (Wildman–Crippen LogP) is -2.29. The Morgan fingerprint density at radius 3 is 1.88 bits per heavy atom. The molecule has 0 bridgehead atoms. The summed E-state index contributed by atoms with van der Waals surface area (Å²) in [5, 5.41) is 0. The van der Waals surface area contributed by atoms with E-state index in [0.717, 1.165) is 0 Å². The van der Waals surface area contributed by atoms with Gasteiger partial charge >= 0.3 is 37.2 Å². The van der Waals surface area contributed by atoms with Gasteiger partial charge in [-0.3, -0.25) is 0 Å². The molecule has 0 saturated carbocycles. The van der Waals surface area contributed by atoms with Gasteiger partial charge in [-0.25, -0.2) is 0 Å². The average Bonchev–Trinajstić information content (AvgIpc) is 1.69. The summed E-state index contributed by atoms with van der Waals surface area (Å²) in [6, 6.07) is 0. The molecule has 1 radical (unpaired) electrons. The Hall–Kier alpha value is 0.985. The van der Waals surface area contributed by atoms with Gasteiger partial charge in [-0.1, -0.05) is 0 Å². The first-order valence-electron chi connectivity index (χ1n) is 2.46. The molecule has 0 aromatic heterocycles. The van der Waals surface area contributed by atoms with Crippen LogP contribution in [0.25, 0.3) is 0 Å². The molecule has 4 heteroatoms. The molecule has 0 aliphatic heterocycles. The van der Waals surface area contributed by atoms with Gasteiger partial charge in [0.1, 0.15) is 0 Å². The zero-order valence-corrected chi connectivity index (χ0v) is 7.81. The number of hydrogen-bond acceptors (Lipinski definition) is 2. The van der Waals surface area contributed by atoms with Crippen LogP contribution in [0.2, 0.25) is 0 Å². The summed E-state index contributed by atoms with van der Waals surface area (Å²) in [4.78, 5) is 0. The van der Waals surface area contributed by atoms with Crippen LogP contribution < -0.4 is 29.6 Å². The normalized spacial score (nSPS) is 7.75. The summed E-state index contributed by atoms with van der Waals surface area (Å²) in [7, 11) is 1.36. The van der Waals surface area contributed by atoms with E-state index in [1.807, 2.05) is 13.8 Å². The molecule has 0 rings (SSSR count). The van der Waals surface area contributed by atoms with E-state index in [1.54, 1.807) is 0 Å². The second-order valence-electron chi connectivity index (χ2n) is 1.01. The zero-order chi connectivity index (χ0) is 5.54. The van der Waals surface area contributed by atoms with Crippen LogP contribution in [0.3, 0.4) is 0 Å². The molecule has 2 nitrogen and oxygen atoms in total. The fourth-order valence-corrected chi connectivity index (χ4v) is 0.184. The topological polar surface area (TPSA) is 18.5 Å². The largest absolute Gasteiger partial charge is 1.00 e. The first kappa shape index (κ1) is 11.7. The minimum Gasteiger partial charge on any atom is -1.00 e. The van der Waals surface area contributed by atoms with E-state index in [9.17, 15) is 0 Å². The van der Waals surface area contributed by atoms with Gasteiger partial charge in [0.05, 0.1) is 0 Å². The molecule has 8 heavy (non-hydrogen) atoms. The van der Waals surface area contributed by atoms with Gasteiger partial charge in [-0.2, -0.15) is 0 Å². The zero-order valence-electron chi connectivity index (χ0n) is 6.81. The molecule has 0 unspecified atom stereocenters. The first-order chi connectivity index (χ1) is 3.41. The quantitative estimate of drug-likeness (QED) is 0.311. The van der Waals surface area contributed by atoms with Gasteiger partial charge in [0.25, 0.3) is 0 Å². The van der Waals surface area contributed by atoms with Crippen molar-refractivity contribution in [2.24, 2.45) is 0 Å². The number of hydrogen-bond donors (Lipinski definition) is 0. The molecular formula is C4H11BNaO2. The van der Waals surface area contributed by atoms with Gasteiger partial charge < -0.3 is 10.7 Å². The standard InChI is InChI=1S/C4H10BO2.Na.H/c1-3-6-5-7-4-2;;/h3-4H2,1-2H3;;/q;+1;-1. The van der Waals surface area contributed by atoms with Crippen LogP contribution in [0.1, 0.15) is 15.3 Å². The molecule has 0 fully saturated rings. The van der Waals surface area contributed by atoms with Gasteiger partial charge in [0.2, 0.25) is 0 Å². The van der Waals surface area contributed by atoms with Crippen molar-refractivity contribution in [2.75, 3.05) is 13.2 Å². The Balaban J connectivity index is -0.000000180. The van der Waals surface area contributed by atoms with Crippen molar-refractivity contribution in [1.29, 1.82) is 0 Å². The fraction of sp³-hybridized carbons (Fsp3) is 1.00. The maximum absolute atomic E-state index is 4.73. The van der Waals surface area contributed by atoms with Crippen molar-refractivity contribution in [1.82, 2.24) is 0 Å². The Kier molecular flexibility index (Phi) is 16.0. The van der Waals surface area contributed by atoms with Crippen LogP contribution in [0.5, 0.6) is 0 Å². The summed E-state index contributed by atoms with van der Waals surface area (Å²) < 4.78 is 9.45. The van der Waals surface area contributed by atoms with Crippen molar-refractivity contribution in [3.05, 3.63) is 0 Å². The van der Waals surface area contributed by atoms with Gasteiger partial charge in [0.15, 0.2) is 0 Å². The summed E-state index contributed by atoms with van der Waals surface area (Å²) in [6.45, 7) is 5.19. The van der Waals surface area contributed by atoms with Crippen molar-refractivity contribution in [3.63, 3.8) is 0 Å². The minimum atomic E-state index is 0. The van der Waals surface area contributed by atoms with Crippen LogP contribution in [0, 0.1) is 0 Å². The monoisotopic (exact) mass is 125 g/mol. The van der Waals surface area contributed by atoms with Crippen LogP contribution >= 0.6 is 0 Å². The molecule has 0 N–H and O–H groups in total. The van der Waals surface area contributed by atoms with E-state index in [1.165, 1.54) is 7.69 Å². The summed E-state index contributed by atoms with van der Waals surface area (Å²) >= 11 is 0. The van der Waals surface area contributed by atoms with Crippen molar-refractivity contribution < 1.29 is 40.3 Å². The van der Waals surface area contributed by atoms with E-state index >= 15 is 0 Å².